The normalized spacial score (nSPS) is 12.3. The van der Waals surface area contributed by atoms with Crippen molar-refractivity contribution in [3.63, 3.8) is 0 Å². The van der Waals surface area contributed by atoms with Gasteiger partial charge in [0, 0.05) is 69.1 Å². The summed E-state index contributed by atoms with van der Waals surface area (Å²) in [5.41, 5.74) is 10.3. The van der Waals surface area contributed by atoms with Gasteiger partial charge >= 0.3 is 0 Å². The van der Waals surface area contributed by atoms with Crippen LogP contribution in [0.4, 0.5) is 0 Å². The molecule has 8 aromatic carbocycles. The van der Waals surface area contributed by atoms with Crippen LogP contribution in [-0.4, -0.2) is 19.1 Å². The Bertz CT molecular complexity index is 3770. The van der Waals surface area contributed by atoms with Crippen LogP contribution in [0, 0.1) is 0 Å². The predicted octanol–water partition coefficient (Wildman–Crippen LogP) is 13.8. The fourth-order valence-electron chi connectivity index (χ4n) is 9.16. The molecule has 0 spiro atoms. The van der Waals surface area contributed by atoms with Gasteiger partial charge in [0.25, 0.3) is 0 Å². The second-order valence-electron chi connectivity index (χ2n) is 14.5. The van der Waals surface area contributed by atoms with Gasteiger partial charge in [-0.05, 0) is 66.7 Å². The minimum absolute atomic E-state index is 0.643. The molecular weight excluding hydrogens is 705 g/mol. The molecule has 0 amide bonds. The van der Waals surface area contributed by atoms with Gasteiger partial charge in [-0.2, -0.15) is 0 Å². The second kappa shape index (κ2) is 11.1. The van der Waals surface area contributed by atoms with Gasteiger partial charge in [-0.25, -0.2) is 9.97 Å². The zero-order chi connectivity index (χ0) is 36.5. The van der Waals surface area contributed by atoms with Gasteiger partial charge in [-0.1, -0.05) is 103 Å². The number of hydrogen-bond donors (Lipinski definition) is 0. The van der Waals surface area contributed by atoms with Gasteiger partial charge < -0.3 is 8.98 Å². The van der Waals surface area contributed by atoms with Crippen molar-refractivity contribution in [1.82, 2.24) is 19.1 Å². The van der Waals surface area contributed by atoms with Crippen molar-refractivity contribution in [2.45, 2.75) is 0 Å². The molecule has 5 nitrogen and oxygen atoms in total. The molecule has 0 saturated carbocycles. The Morgan fingerprint density at radius 1 is 0.429 bits per heavy atom. The van der Waals surface area contributed by atoms with Crippen molar-refractivity contribution >= 4 is 108 Å². The Hall–Kier alpha value is -7.28. The number of furan rings is 1. The number of thiophene rings is 1. The predicted molar refractivity (Wildman–Crippen MR) is 234 cm³/mol. The molecule has 6 heteroatoms. The SMILES string of the molecule is c1ccc(-n2c3ccccc3c3ccc4sc5ccc6c7ccccc7n(-c7nc(-c8ccc9oc%10ccccc%10c9c8)c8ccccc8n7)c6c5c4c32)cc1. The van der Waals surface area contributed by atoms with E-state index in [-0.39, 0.29) is 0 Å². The van der Waals surface area contributed by atoms with Crippen molar-refractivity contribution < 1.29 is 4.42 Å². The molecule has 0 saturated heterocycles. The van der Waals surface area contributed by atoms with Crippen LogP contribution in [-0.2, 0) is 0 Å². The van der Waals surface area contributed by atoms with Gasteiger partial charge in [0.2, 0.25) is 5.95 Å². The molecule has 260 valence electrons. The molecule has 0 N–H and O–H groups in total. The third-order valence-electron chi connectivity index (χ3n) is 11.5. The zero-order valence-corrected chi connectivity index (χ0v) is 30.6. The second-order valence-corrected chi connectivity index (χ2v) is 15.6. The molecule has 0 aliphatic carbocycles. The van der Waals surface area contributed by atoms with Crippen LogP contribution in [0.15, 0.2) is 174 Å². The molecule has 0 unspecified atom stereocenters. The van der Waals surface area contributed by atoms with Gasteiger partial charge in [0.15, 0.2) is 0 Å². The molecule has 0 aliphatic rings. The fraction of sp³-hybridized carbons (Fsp3) is 0. The van der Waals surface area contributed by atoms with Gasteiger partial charge in [0.1, 0.15) is 11.2 Å². The summed E-state index contributed by atoms with van der Waals surface area (Å²) in [7, 11) is 0. The first kappa shape index (κ1) is 30.1. The Kier molecular flexibility index (Phi) is 5.98. The molecular formula is C50H28N4OS. The minimum atomic E-state index is 0.643. The van der Waals surface area contributed by atoms with Crippen LogP contribution in [0.25, 0.3) is 120 Å². The summed E-state index contributed by atoms with van der Waals surface area (Å²) < 4.78 is 13.5. The summed E-state index contributed by atoms with van der Waals surface area (Å²) in [6, 6.07) is 60.4. The van der Waals surface area contributed by atoms with Crippen LogP contribution in [0.1, 0.15) is 0 Å². The summed E-state index contributed by atoms with van der Waals surface area (Å²) in [5.74, 6) is 0.643. The standard InChI is InChI=1S/C50H28N4OS/c1-2-12-30(13-3-1)53-39-19-9-5-14-31(39)34-23-26-43-45(48(34)53)46-44(56-43)27-24-35-32-15-6-10-20-40(32)54(49(35)46)50-51-38-18-8-4-17-36(38)47(52-50)29-22-25-42-37(28-29)33-16-7-11-21-41(33)55-42/h1-28H. The monoisotopic (exact) mass is 732 g/mol. The summed E-state index contributed by atoms with van der Waals surface area (Å²) in [6.45, 7) is 0. The van der Waals surface area contributed by atoms with Crippen molar-refractivity contribution in [2.24, 2.45) is 0 Å². The van der Waals surface area contributed by atoms with E-state index in [0.29, 0.717) is 5.95 Å². The largest absolute Gasteiger partial charge is 0.456 e. The van der Waals surface area contributed by atoms with Crippen molar-refractivity contribution in [3.05, 3.63) is 170 Å². The van der Waals surface area contributed by atoms with E-state index in [4.69, 9.17) is 14.4 Å². The lowest BCUT2D eigenvalue weighted by atomic mass is 10.0. The number of aromatic nitrogens is 4. The zero-order valence-electron chi connectivity index (χ0n) is 29.8. The summed E-state index contributed by atoms with van der Waals surface area (Å²) >= 11 is 1.85. The number of benzene rings is 8. The van der Waals surface area contributed by atoms with Crippen LogP contribution in [0.5, 0.6) is 0 Å². The molecule has 0 aliphatic heterocycles. The van der Waals surface area contributed by atoms with E-state index >= 15 is 0 Å². The molecule has 0 bridgehead atoms. The van der Waals surface area contributed by atoms with E-state index in [1.807, 2.05) is 23.5 Å². The third-order valence-corrected chi connectivity index (χ3v) is 12.6. The van der Waals surface area contributed by atoms with Crippen LogP contribution in [0.2, 0.25) is 0 Å². The van der Waals surface area contributed by atoms with Crippen LogP contribution >= 0.6 is 11.3 Å². The first-order valence-corrected chi connectivity index (χ1v) is 19.6. The lowest BCUT2D eigenvalue weighted by Gasteiger charge is -2.13. The number of fused-ring (bicyclic) bond motifs is 15. The first-order chi connectivity index (χ1) is 27.8. The number of hydrogen-bond acceptors (Lipinski definition) is 4. The van der Waals surface area contributed by atoms with Crippen LogP contribution in [0.3, 0.4) is 0 Å². The van der Waals surface area contributed by atoms with Crippen LogP contribution < -0.4 is 0 Å². The van der Waals surface area contributed by atoms with E-state index in [9.17, 15) is 0 Å². The van der Waals surface area contributed by atoms with E-state index in [2.05, 4.69) is 167 Å². The Balaban J connectivity index is 1.19. The molecule has 5 heterocycles. The summed E-state index contributed by atoms with van der Waals surface area (Å²) in [4.78, 5) is 10.9. The average molecular weight is 733 g/mol. The highest BCUT2D eigenvalue weighted by atomic mass is 32.1. The van der Waals surface area contributed by atoms with E-state index in [0.717, 1.165) is 60.8 Å². The number of para-hydroxylation sites is 5. The summed E-state index contributed by atoms with van der Waals surface area (Å²) in [6.07, 6.45) is 0. The molecule has 13 aromatic rings. The lowest BCUT2D eigenvalue weighted by Crippen LogP contribution is -2.03. The molecule has 56 heavy (non-hydrogen) atoms. The number of nitrogens with zero attached hydrogens (tertiary/aromatic N) is 4. The average Bonchev–Trinajstić information content (AvgIpc) is 4.00. The molecule has 0 fully saturated rings. The van der Waals surface area contributed by atoms with Crippen molar-refractivity contribution in [1.29, 1.82) is 0 Å². The highest BCUT2D eigenvalue weighted by Crippen LogP contribution is 2.47. The number of rotatable bonds is 3. The van der Waals surface area contributed by atoms with E-state index in [1.165, 1.54) is 52.8 Å². The maximum Gasteiger partial charge on any atom is 0.235 e. The van der Waals surface area contributed by atoms with Gasteiger partial charge in [-0.3, -0.25) is 4.57 Å². The van der Waals surface area contributed by atoms with Gasteiger partial charge in [-0.15, -0.1) is 11.3 Å². The van der Waals surface area contributed by atoms with E-state index < -0.39 is 0 Å². The molecule has 0 atom stereocenters. The van der Waals surface area contributed by atoms with Gasteiger partial charge in [0.05, 0.1) is 33.3 Å². The maximum absolute atomic E-state index is 6.23. The van der Waals surface area contributed by atoms with Crippen molar-refractivity contribution in [3.8, 4) is 22.9 Å². The smallest absolute Gasteiger partial charge is 0.235 e. The van der Waals surface area contributed by atoms with Crippen molar-refractivity contribution in [2.75, 3.05) is 0 Å². The minimum Gasteiger partial charge on any atom is -0.456 e. The highest BCUT2D eigenvalue weighted by Gasteiger charge is 2.24. The maximum atomic E-state index is 6.23. The molecule has 0 radical (unpaired) electrons. The summed E-state index contributed by atoms with van der Waals surface area (Å²) in [5, 5.41) is 10.5. The quantitative estimate of drug-likeness (QED) is 0.182. The topological polar surface area (TPSA) is 48.8 Å². The highest BCUT2D eigenvalue weighted by molar-refractivity contribution is 7.26. The third kappa shape index (κ3) is 4.03. The lowest BCUT2D eigenvalue weighted by molar-refractivity contribution is 0.669. The van der Waals surface area contributed by atoms with E-state index in [1.54, 1.807) is 0 Å². The first-order valence-electron chi connectivity index (χ1n) is 18.8. The fourth-order valence-corrected chi connectivity index (χ4v) is 10.3. The Morgan fingerprint density at radius 3 is 1.77 bits per heavy atom. The Morgan fingerprint density at radius 2 is 1.02 bits per heavy atom. The molecule has 5 aromatic heterocycles. The Labute approximate surface area is 322 Å². The molecule has 13 rings (SSSR count).